The Morgan fingerprint density at radius 2 is 1.11 bits per heavy atom. The van der Waals surface area contributed by atoms with Gasteiger partial charge in [-0.2, -0.15) is 13.2 Å². The van der Waals surface area contributed by atoms with Crippen LogP contribution in [0.15, 0.2) is 0 Å². The molecule has 0 aromatic heterocycles. The lowest BCUT2D eigenvalue weighted by molar-refractivity contribution is -0.172. The van der Waals surface area contributed by atoms with E-state index in [0.29, 0.717) is 13.0 Å². The van der Waals surface area contributed by atoms with Crippen LogP contribution in [0.4, 0.5) is 13.2 Å². The highest BCUT2D eigenvalue weighted by Crippen LogP contribution is 2.20. The summed E-state index contributed by atoms with van der Waals surface area (Å²) in [5.41, 5.74) is 0. The maximum absolute atomic E-state index is 12.5. The van der Waals surface area contributed by atoms with Crippen molar-refractivity contribution in [2.24, 2.45) is 0 Å². The topological polar surface area (TPSA) is 52.6 Å². The number of carbonyl (C=O) groups excluding carboxylic acids is 2. The van der Waals surface area contributed by atoms with E-state index in [0.717, 1.165) is 38.5 Å². The molecule has 0 radical (unpaired) electrons. The second-order valence-corrected chi connectivity index (χ2v) is 9.70. The average molecular weight is 509 g/mol. The first-order chi connectivity index (χ1) is 16.8. The van der Waals surface area contributed by atoms with E-state index >= 15 is 0 Å². The lowest BCUT2D eigenvalue weighted by atomic mass is 10.1. The zero-order valence-electron chi connectivity index (χ0n) is 22.4. The minimum Gasteiger partial charge on any atom is -0.460 e. The Morgan fingerprint density at radius 1 is 0.657 bits per heavy atom. The lowest BCUT2D eigenvalue weighted by Crippen LogP contribution is -2.28. The molecule has 0 aliphatic carbocycles. The molecule has 0 N–H and O–H groups in total. The molecule has 35 heavy (non-hydrogen) atoms. The number of hydrogen-bond donors (Lipinski definition) is 0. The Labute approximate surface area is 212 Å². The van der Waals surface area contributed by atoms with Gasteiger partial charge in [0.2, 0.25) is 5.78 Å². The van der Waals surface area contributed by atoms with Crippen LogP contribution in [-0.4, -0.2) is 37.2 Å². The second-order valence-electron chi connectivity index (χ2n) is 9.70. The predicted molar refractivity (Wildman–Crippen MR) is 135 cm³/mol. The van der Waals surface area contributed by atoms with E-state index in [2.05, 4.69) is 13.8 Å². The summed E-state index contributed by atoms with van der Waals surface area (Å²) >= 11 is 0. The second kappa shape index (κ2) is 23.3. The normalized spacial score (nSPS) is 12.6. The molecule has 4 nitrogen and oxygen atoms in total. The van der Waals surface area contributed by atoms with Crippen molar-refractivity contribution in [3.8, 4) is 0 Å². The third-order valence-electron chi connectivity index (χ3n) is 6.24. The number of ketones is 1. The number of alkyl halides is 3. The molecule has 0 aliphatic rings. The first-order valence-electron chi connectivity index (χ1n) is 14.2. The van der Waals surface area contributed by atoms with Crippen molar-refractivity contribution in [2.45, 2.75) is 155 Å². The molecule has 0 saturated heterocycles. The van der Waals surface area contributed by atoms with Gasteiger partial charge in [-0.25, -0.2) is 0 Å². The van der Waals surface area contributed by atoms with Crippen LogP contribution in [0, 0.1) is 0 Å². The van der Waals surface area contributed by atoms with Gasteiger partial charge in [-0.15, -0.1) is 0 Å². The third kappa shape index (κ3) is 23.1. The number of esters is 1. The number of Topliss-reactive ketones (excluding diaryl/α,β-unsaturated/α-hetero) is 1. The largest absolute Gasteiger partial charge is 0.460 e. The average Bonchev–Trinajstić information content (AvgIpc) is 2.81. The number of rotatable bonds is 25. The molecular formula is C28H51F3O4. The Kier molecular flexibility index (Phi) is 22.6. The van der Waals surface area contributed by atoms with Crippen molar-refractivity contribution in [3.63, 3.8) is 0 Å². The number of unbranched alkanes of at least 4 members (excludes halogenated alkanes) is 15. The van der Waals surface area contributed by atoms with Crippen LogP contribution in [0.1, 0.15) is 142 Å². The summed E-state index contributed by atoms with van der Waals surface area (Å²) in [6.45, 7) is 4.89. The van der Waals surface area contributed by atoms with Crippen molar-refractivity contribution in [2.75, 3.05) is 13.2 Å². The van der Waals surface area contributed by atoms with Crippen LogP contribution in [0.25, 0.3) is 0 Å². The Morgan fingerprint density at radius 3 is 1.60 bits per heavy atom. The fraction of sp³-hybridized carbons (Fsp3) is 0.929. The summed E-state index contributed by atoms with van der Waals surface area (Å²) in [6, 6.07) is 0. The van der Waals surface area contributed by atoms with Gasteiger partial charge in [0, 0.05) is 19.4 Å². The van der Waals surface area contributed by atoms with Crippen molar-refractivity contribution < 1.29 is 32.2 Å². The highest BCUT2D eigenvalue weighted by atomic mass is 19.4. The van der Waals surface area contributed by atoms with Crippen molar-refractivity contribution in [3.05, 3.63) is 0 Å². The number of carbonyl (C=O) groups is 2. The fourth-order valence-corrected chi connectivity index (χ4v) is 3.99. The van der Waals surface area contributed by atoms with Gasteiger partial charge in [0.05, 0.1) is 6.61 Å². The van der Waals surface area contributed by atoms with Gasteiger partial charge in [-0.3, -0.25) is 9.59 Å². The molecule has 0 amide bonds. The molecule has 1 unspecified atom stereocenters. The van der Waals surface area contributed by atoms with Crippen LogP contribution < -0.4 is 0 Å². The van der Waals surface area contributed by atoms with Gasteiger partial charge in [0.1, 0.15) is 6.10 Å². The molecule has 0 aromatic rings. The highest BCUT2D eigenvalue weighted by molar-refractivity contribution is 5.84. The maximum atomic E-state index is 12.5. The summed E-state index contributed by atoms with van der Waals surface area (Å²) in [6.07, 6.45) is 13.2. The summed E-state index contributed by atoms with van der Waals surface area (Å²) < 4.78 is 48.6. The molecule has 7 heteroatoms. The molecule has 0 bridgehead atoms. The van der Waals surface area contributed by atoms with Gasteiger partial charge < -0.3 is 9.47 Å². The minimum absolute atomic E-state index is 0.0331. The standard InChI is InChI=1S/C28H51F3O4/c1-3-5-7-9-11-12-13-15-17-19-23-34-24-25(21-22-26(32)28(29,30)31)35-27(33)20-18-16-14-10-8-6-4-2/h25H,3-24H2,1-2H3. The Balaban J connectivity index is 4.11. The maximum Gasteiger partial charge on any atom is 0.449 e. The van der Waals surface area contributed by atoms with Gasteiger partial charge in [0.15, 0.2) is 0 Å². The number of halogens is 3. The van der Waals surface area contributed by atoms with E-state index in [-0.39, 0.29) is 19.4 Å². The molecule has 0 heterocycles. The molecule has 0 fully saturated rings. The lowest BCUT2D eigenvalue weighted by Gasteiger charge is -2.18. The van der Waals surface area contributed by atoms with Gasteiger partial charge in [-0.05, 0) is 19.3 Å². The van der Waals surface area contributed by atoms with E-state index in [4.69, 9.17) is 9.47 Å². The number of hydrogen-bond acceptors (Lipinski definition) is 4. The molecule has 0 rings (SSSR count). The zero-order chi connectivity index (χ0) is 26.2. The van der Waals surface area contributed by atoms with E-state index in [1.807, 2.05) is 0 Å². The number of ether oxygens (including phenoxy) is 2. The molecule has 0 saturated carbocycles. The molecule has 1 atom stereocenters. The third-order valence-corrected chi connectivity index (χ3v) is 6.24. The van der Waals surface area contributed by atoms with Gasteiger partial charge in [0.25, 0.3) is 0 Å². The minimum atomic E-state index is -4.86. The van der Waals surface area contributed by atoms with Crippen molar-refractivity contribution in [1.29, 1.82) is 0 Å². The molecule has 0 aliphatic heterocycles. The summed E-state index contributed by atoms with van der Waals surface area (Å²) in [4.78, 5) is 23.4. The quantitative estimate of drug-likeness (QED) is 0.0912. The summed E-state index contributed by atoms with van der Waals surface area (Å²) in [5.74, 6) is -2.22. The first-order valence-corrected chi connectivity index (χ1v) is 14.2. The monoisotopic (exact) mass is 508 g/mol. The van der Waals surface area contributed by atoms with E-state index in [9.17, 15) is 22.8 Å². The summed E-state index contributed by atoms with van der Waals surface area (Å²) in [5, 5.41) is 0. The van der Waals surface area contributed by atoms with Crippen LogP contribution in [0.2, 0.25) is 0 Å². The van der Waals surface area contributed by atoms with E-state index < -0.39 is 30.5 Å². The Hall–Kier alpha value is -1.11. The molecule has 208 valence electrons. The van der Waals surface area contributed by atoms with Gasteiger partial charge in [-0.1, -0.05) is 110 Å². The molecule has 0 spiro atoms. The molecule has 0 aromatic carbocycles. The van der Waals surface area contributed by atoms with Crippen LogP contribution >= 0.6 is 0 Å². The van der Waals surface area contributed by atoms with Crippen molar-refractivity contribution >= 4 is 11.8 Å². The zero-order valence-corrected chi connectivity index (χ0v) is 22.4. The van der Waals surface area contributed by atoms with Crippen molar-refractivity contribution in [1.82, 2.24) is 0 Å². The summed E-state index contributed by atoms with van der Waals surface area (Å²) in [7, 11) is 0. The van der Waals surface area contributed by atoms with Crippen LogP contribution in [0.5, 0.6) is 0 Å². The van der Waals surface area contributed by atoms with Crippen LogP contribution in [0.3, 0.4) is 0 Å². The smallest absolute Gasteiger partial charge is 0.449 e. The van der Waals surface area contributed by atoms with E-state index in [1.165, 1.54) is 64.2 Å². The predicted octanol–water partition coefficient (Wildman–Crippen LogP) is 8.89. The SMILES string of the molecule is CCCCCCCCCCCCOCC(CCC(=O)C(F)(F)F)OC(=O)CCCCCCCCC. The Bertz CT molecular complexity index is 509. The fourth-order valence-electron chi connectivity index (χ4n) is 3.99. The highest BCUT2D eigenvalue weighted by Gasteiger charge is 2.38. The van der Waals surface area contributed by atoms with E-state index in [1.54, 1.807) is 0 Å². The van der Waals surface area contributed by atoms with Crippen LogP contribution in [-0.2, 0) is 19.1 Å². The first kappa shape index (κ1) is 33.9. The van der Waals surface area contributed by atoms with Gasteiger partial charge >= 0.3 is 12.1 Å². The molecular weight excluding hydrogens is 457 g/mol.